The maximum Gasteiger partial charge on any atom is 0.225 e. The number of hydrogen-bond acceptors (Lipinski definition) is 3. The largest absolute Gasteiger partial charge is 0.340 e. The second-order valence-electron chi connectivity index (χ2n) is 2.37. The first kappa shape index (κ1) is 9.19. The van der Waals surface area contributed by atoms with Gasteiger partial charge in [0, 0.05) is 26.0 Å². The van der Waals surface area contributed by atoms with E-state index in [1.165, 1.54) is 0 Å². The molecule has 0 spiro atoms. The standard InChI is InChI=1S/C8H10BrN3/c1-3-4-12(2)8-10-5-7(9)6-11-8/h3,5-6H,1,4H2,2H3. The highest BCUT2D eigenvalue weighted by Crippen LogP contribution is 2.08. The first-order valence-corrected chi connectivity index (χ1v) is 4.33. The molecule has 0 N–H and O–H groups in total. The van der Waals surface area contributed by atoms with Crippen LogP contribution in [0.2, 0.25) is 0 Å². The Hall–Kier alpha value is -0.900. The molecule has 12 heavy (non-hydrogen) atoms. The summed E-state index contributed by atoms with van der Waals surface area (Å²) in [5.74, 6) is 0.707. The zero-order chi connectivity index (χ0) is 8.97. The lowest BCUT2D eigenvalue weighted by molar-refractivity contribution is 0.939. The Morgan fingerprint density at radius 1 is 1.58 bits per heavy atom. The van der Waals surface area contributed by atoms with Crippen LogP contribution in [0.25, 0.3) is 0 Å². The molecule has 0 bridgehead atoms. The number of nitrogens with zero attached hydrogens (tertiary/aromatic N) is 3. The van der Waals surface area contributed by atoms with Crippen molar-refractivity contribution < 1.29 is 0 Å². The molecule has 0 radical (unpaired) electrons. The summed E-state index contributed by atoms with van der Waals surface area (Å²) in [6.45, 7) is 4.39. The van der Waals surface area contributed by atoms with Gasteiger partial charge >= 0.3 is 0 Å². The van der Waals surface area contributed by atoms with Gasteiger partial charge in [-0.1, -0.05) is 6.08 Å². The van der Waals surface area contributed by atoms with Crippen LogP contribution in [-0.4, -0.2) is 23.6 Å². The highest BCUT2D eigenvalue weighted by atomic mass is 79.9. The van der Waals surface area contributed by atoms with Crippen molar-refractivity contribution in [3.05, 3.63) is 29.5 Å². The topological polar surface area (TPSA) is 29.0 Å². The molecule has 0 unspecified atom stereocenters. The first-order valence-electron chi connectivity index (χ1n) is 3.53. The van der Waals surface area contributed by atoms with E-state index in [2.05, 4.69) is 32.5 Å². The molecule has 0 aliphatic rings. The molecule has 1 aromatic rings. The Balaban J connectivity index is 2.74. The summed E-state index contributed by atoms with van der Waals surface area (Å²) >= 11 is 3.27. The minimum atomic E-state index is 0.707. The molecule has 0 aromatic carbocycles. The lowest BCUT2D eigenvalue weighted by atomic mass is 10.5. The van der Waals surface area contributed by atoms with Crippen molar-refractivity contribution in [2.45, 2.75) is 0 Å². The van der Waals surface area contributed by atoms with Crippen molar-refractivity contribution in [1.29, 1.82) is 0 Å². The number of anilines is 1. The quantitative estimate of drug-likeness (QED) is 0.739. The summed E-state index contributed by atoms with van der Waals surface area (Å²) in [6, 6.07) is 0. The second kappa shape index (κ2) is 4.21. The van der Waals surface area contributed by atoms with Crippen LogP contribution >= 0.6 is 15.9 Å². The molecule has 0 amide bonds. The summed E-state index contributed by atoms with van der Waals surface area (Å²) in [5, 5.41) is 0. The third-order valence-corrected chi connectivity index (χ3v) is 1.76. The van der Waals surface area contributed by atoms with Crippen molar-refractivity contribution in [3.63, 3.8) is 0 Å². The summed E-state index contributed by atoms with van der Waals surface area (Å²) in [6.07, 6.45) is 5.26. The third kappa shape index (κ3) is 2.30. The van der Waals surface area contributed by atoms with Gasteiger partial charge in [-0.2, -0.15) is 0 Å². The number of aromatic nitrogens is 2. The molecule has 0 aliphatic carbocycles. The molecule has 1 aromatic heterocycles. The van der Waals surface area contributed by atoms with E-state index in [1.54, 1.807) is 12.4 Å². The van der Waals surface area contributed by atoms with E-state index in [9.17, 15) is 0 Å². The van der Waals surface area contributed by atoms with E-state index in [-0.39, 0.29) is 0 Å². The Kier molecular flexibility index (Phi) is 3.22. The van der Waals surface area contributed by atoms with Crippen LogP contribution in [0.4, 0.5) is 5.95 Å². The van der Waals surface area contributed by atoms with Crippen LogP contribution < -0.4 is 4.90 Å². The summed E-state index contributed by atoms with van der Waals surface area (Å²) in [5.41, 5.74) is 0. The van der Waals surface area contributed by atoms with Gasteiger partial charge < -0.3 is 4.90 Å². The lowest BCUT2D eigenvalue weighted by Gasteiger charge is -2.13. The third-order valence-electron chi connectivity index (χ3n) is 1.35. The molecule has 0 atom stereocenters. The van der Waals surface area contributed by atoms with Crippen LogP contribution in [0.5, 0.6) is 0 Å². The van der Waals surface area contributed by atoms with Crippen molar-refractivity contribution in [2.75, 3.05) is 18.5 Å². The molecule has 0 saturated heterocycles. The van der Waals surface area contributed by atoms with Crippen LogP contribution in [-0.2, 0) is 0 Å². The molecule has 1 rings (SSSR count). The number of hydrogen-bond donors (Lipinski definition) is 0. The van der Waals surface area contributed by atoms with E-state index in [1.807, 2.05) is 18.0 Å². The average Bonchev–Trinajstić information content (AvgIpc) is 2.06. The predicted molar refractivity (Wildman–Crippen MR) is 53.2 cm³/mol. The maximum atomic E-state index is 4.12. The Morgan fingerprint density at radius 2 is 2.17 bits per heavy atom. The monoisotopic (exact) mass is 227 g/mol. The highest BCUT2D eigenvalue weighted by molar-refractivity contribution is 9.10. The van der Waals surface area contributed by atoms with Crippen molar-refractivity contribution >= 4 is 21.9 Å². The fourth-order valence-corrected chi connectivity index (χ4v) is 0.983. The molecular weight excluding hydrogens is 218 g/mol. The van der Waals surface area contributed by atoms with Gasteiger partial charge in [0.2, 0.25) is 5.95 Å². The van der Waals surface area contributed by atoms with Gasteiger partial charge in [-0.3, -0.25) is 0 Å². The van der Waals surface area contributed by atoms with Gasteiger partial charge in [-0.15, -0.1) is 6.58 Å². The smallest absolute Gasteiger partial charge is 0.225 e. The minimum absolute atomic E-state index is 0.707. The molecule has 1 heterocycles. The average molecular weight is 228 g/mol. The fourth-order valence-electron chi connectivity index (χ4n) is 0.778. The zero-order valence-corrected chi connectivity index (χ0v) is 8.45. The predicted octanol–water partition coefficient (Wildman–Crippen LogP) is 1.86. The lowest BCUT2D eigenvalue weighted by Crippen LogP contribution is -2.18. The normalized spacial score (nSPS) is 9.50. The van der Waals surface area contributed by atoms with Crippen LogP contribution in [0.1, 0.15) is 0 Å². The van der Waals surface area contributed by atoms with Crippen molar-refractivity contribution in [3.8, 4) is 0 Å². The molecule has 64 valence electrons. The fraction of sp³-hybridized carbons (Fsp3) is 0.250. The van der Waals surface area contributed by atoms with E-state index < -0.39 is 0 Å². The van der Waals surface area contributed by atoms with Crippen LogP contribution in [0.15, 0.2) is 29.5 Å². The number of rotatable bonds is 3. The van der Waals surface area contributed by atoms with Gasteiger partial charge in [-0.25, -0.2) is 9.97 Å². The second-order valence-corrected chi connectivity index (χ2v) is 3.29. The van der Waals surface area contributed by atoms with Crippen LogP contribution in [0.3, 0.4) is 0 Å². The Bertz CT molecular complexity index is 258. The molecule has 4 heteroatoms. The van der Waals surface area contributed by atoms with Crippen LogP contribution in [0, 0.1) is 0 Å². The highest BCUT2D eigenvalue weighted by Gasteiger charge is 1.99. The summed E-state index contributed by atoms with van der Waals surface area (Å²) in [7, 11) is 1.92. The summed E-state index contributed by atoms with van der Waals surface area (Å²) in [4.78, 5) is 10.2. The molecule has 0 fully saturated rings. The molecule has 0 aliphatic heterocycles. The Labute approximate surface area is 80.3 Å². The maximum absolute atomic E-state index is 4.12. The first-order chi connectivity index (χ1) is 5.74. The van der Waals surface area contributed by atoms with E-state index in [4.69, 9.17) is 0 Å². The van der Waals surface area contributed by atoms with Gasteiger partial charge in [0.25, 0.3) is 0 Å². The Morgan fingerprint density at radius 3 is 2.67 bits per heavy atom. The molecule has 0 saturated carbocycles. The van der Waals surface area contributed by atoms with E-state index in [0.29, 0.717) is 5.95 Å². The van der Waals surface area contributed by atoms with Gasteiger partial charge in [0.05, 0.1) is 4.47 Å². The van der Waals surface area contributed by atoms with Crippen molar-refractivity contribution in [1.82, 2.24) is 9.97 Å². The molecule has 3 nitrogen and oxygen atoms in total. The molecular formula is C8H10BrN3. The van der Waals surface area contributed by atoms with E-state index in [0.717, 1.165) is 11.0 Å². The zero-order valence-electron chi connectivity index (χ0n) is 6.87. The number of likely N-dealkylation sites (N-methyl/N-ethyl adjacent to an activating group) is 1. The van der Waals surface area contributed by atoms with Gasteiger partial charge in [0.15, 0.2) is 0 Å². The summed E-state index contributed by atoms with van der Waals surface area (Å²) < 4.78 is 0.887. The SMILES string of the molecule is C=CCN(C)c1ncc(Br)cn1. The van der Waals surface area contributed by atoms with E-state index >= 15 is 0 Å². The van der Waals surface area contributed by atoms with Gasteiger partial charge in [0.1, 0.15) is 0 Å². The van der Waals surface area contributed by atoms with Gasteiger partial charge in [-0.05, 0) is 15.9 Å². The number of halogens is 1. The van der Waals surface area contributed by atoms with Crippen molar-refractivity contribution in [2.24, 2.45) is 0 Å². The minimum Gasteiger partial charge on any atom is -0.340 e.